The Kier molecular flexibility index (Phi) is 3.96. The summed E-state index contributed by atoms with van der Waals surface area (Å²) in [5.74, 6) is 2.28. The molecule has 1 aliphatic rings. The first-order valence-electron chi connectivity index (χ1n) is 4.09. The molecule has 0 N–H and O–H groups in total. The number of thioether (sulfide) groups is 1. The SMILES string of the molecule is CSCCCC=CC1CC1. The van der Waals surface area contributed by atoms with E-state index in [0.717, 1.165) is 5.92 Å². The molecule has 0 aliphatic heterocycles. The van der Waals surface area contributed by atoms with Gasteiger partial charge in [-0.15, -0.1) is 0 Å². The van der Waals surface area contributed by atoms with E-state index in [9.17, 15) is 0 Å². The zero-order chi connectivity index (χ0) is 7.23. The quantitative estimate of drug-likeness (QED) is 0.435. The lowest BCUT2D eigenvalue weighted by atomic mass is 10.3. The van der Waals surface area contributed by atoms with Crippen molar-refractivity contribution < 1.29 is 0 Å². The van der Waals surface area contributed by atoms with E-state index in [1.165, 1.54) is 31.4 Å². The van der Waals surface area contributed by atoms with Crippen LogP contribution >= 0.6 is 11.8 Å². The topological polar surface area (TPSA) is 0 Å². The molecule has 0 heterocycles. The molecule has 0 radical (unpaired) electrons. The molecule has 0 bridgehead atoms. The molecule has 0 aromatic carbocycles. The molecule has 0 nitrogen and oxygen atoms in total. The third kappa shape index (κ3) is 3.99. The zero-order valence-corrected chi connectivity index (χ0v) is 7.49. The lowest BCUT2D eigenvalue weighted by Crippen LogP contribution is -1.75. The van der Waals surface area contributed by atoms with Gasteiger partial charge < -0.3 is 0 Å². The van der Waals surface area contributed by atoms with Crippen molar-refractivity contribution in [2.24, 2.45) is 5.92 Å². The normalized spacial score (nSPS) is 18.5. The Labute approximate surface area is 68.1 Å². The standard InChI is InChI=1S/C9H16S/c1-10-8-4-2-3-5-9-6-7-9/h3,5,9H,2,4,6-8H2,1H3. The van der Waals surface area contributed by atoms with Gasteiger partial charge in [0, 0.05) is 0 Å². The highest BCUT2D eigenvalue weighted by molar-refractivity contribution is 7.98. The molecular weight excluding hydrogens is 140 g/mol. The molecular formula is C9H16S. The average molecular weight is 156 g/mol. The summed E-state index contributed by atoms with van der Waals surface area (Å²) in [7, 11) is 0. The molecule has 0 saturated heterocycles. The Balaban J connectivity index is 1.83. The maximum Gasteiger partial charge on any atom is -0.00674 e. The molecule has 0 aromatic heterocycles. The van der Waals surface area contributed by atoms with Crippen LogP contribution in [0.3, 0.4) is 0 Å². The van der Waals surface area contributed by atoms with Crippen molar-refractivity contribution in [1.29, 1.82) is 0 Å². The van der Waals surface area contributed by atoms with Crippen LogP contribution < -0.4 is 0 Å². The minimum atomic E-state index is 0.967. The van der Waals surface area contributed by atoms with E-state index in [1.54, 1.807) is 0 Å². The van der Waals surface area contributed by atoms with E-state index in [0.29, 0.717) is 0 Å². The van der Waals surface area contributed by atoms with E-state index in [2.05, 4.69) is 18.4 Å². The maximum atomic E-state index is 2.39. The van der Waals surface area contributed by atoms with Gasteiger partial charge in [-0.3, -0.25) is 0 Å². The third-order valence-corrected chi connectivity index (χ3v) is 2.45. The lowest BCUT2D eigenvalue weighted by Gasteiger charge is -1.90. The van der Waals surface area contributed by atoms with Crippen molar-refractivity contribution >= 4 is 11.8 Å². The molecule has 0 unspecified atom stereocenters. The van der Waals surface area contributed by atoms with Crippen molar-refractivity contribution in [2.45, 2.75) is 25.7 Å². The van der Waals surface area contributed by atoms with Crippen LogP contribution in [-0.2, 0) is 0 Å². The Bertz CT molecular complexity index is 103. The summed E-state index contributed by atoms with van der Waals surface area (Å²) in [5.41, 5.74) is 0. The van der Waals surface area contributed by atoms with Gasteiger partial charge in [-0.05, 0) is 43.6 Å². The predicted octanol–water partition coefficient (Wildman–Crippen LogP) is 3.10. The molecule has 1 aliphatic carbocycles. The summed E-state index contributed by atoms with van der Waals surface area (Å²) in [4.78, 5) is 0. The van der Waals surface area contributed by atoms with Crippen LogP contribution in [0.1, 0.15) is 25.7 Å². The highest BCUT2D eigenvalue weighted by Gasteiger charge is 2.16. The number of hydrogen-bond donors (Lipinski definition) is 0. The number of unbranched alkanes of at least 4 members (excludes halogenated alkanes) is 1. The van der Waals surface area contributed by atoms with Gasteiger partial charge in [-0.2, -0.15) is 11.8 Å². The van der Waals surface area contributed by atoms with Crippen molar-refractivity contribution in [1.82, 2.24) is 0 Å². The summed E-state index contributed by atoms with van der Waals surface area (Å²) >= 11 is 1.94. The largest absolute Gasteiger partial charge is 0.165 e. The first-order chi connectivity index (χ1) is 4.93. The fraction of sp³-hybridized carbons (Fsp3) is 0.778. The molecule has 1 saturated carbocycles. The fourth-order valence-corrected chi connectivity index (χ4v) is 1.38. The first-order valence-corrected chi connectivity index (χ1v) is 5.48. The van der Waals surface area contributed by atoms with E-state index in [-0.39, 0.29) is 0 Å². The molecule has 0 aromatic rings. The van der Waals surface area contributed by atoms with Crippen LogP contribution in [0, 0.1) is 5.92 Å². The van der Waals surface area contributed by atoms with E-state index in [4.69, 9.17) is 0 Å². The minimum Gasteiger partial charge on any atom is -0.165 e. The van der Waals surface area contributed by atoms with Crippen LogP contribution in [-0.4, -0.2) is 12.0 Å². The first kappa shape index (κ1) is 8.19. The van der Waals surface area contributed by atoms with Crippen LogP contribution in [0.2, 0.25) is 0 Å². The minimum absolute atomic E-state index is 0.967. The molecule has 1 heteroatoms. The van der Waals surface area contributed by atoms with Crippen LogP contribution in [0.25, 0.3) is 0 Å². The van der Waals surface area contributed by atoms with Gasteiger partial charge in [0.2, 0.25) is 0 Å². The number of hydrogen-bond acceptors (Lipinski definition) is 1. The average Bonchev–Trinajstić information content (AvgIpc) is 2.71. The van der Waals surface area contributed by atoms with Gasteiger partial charge in [-0.25, -0.2) is 0 Å². The van der Waals surface area contributed by atoms with Gasteiger partial charge in [0.25, 0.3) is 0 Å². The highest BCUT2D eigenvalue weighted by Crippen LogP contribution is 2.30. The summed E-state index contributed by atoms with van der Waals surface area (Å²) in [6, 6.07) is 0. The monoisotopic (exact) mass is 156 g/mol. The summed E-state index contributed by atoms with van der Waals surface area (Å²) < 4.78 is 0. The van der Waals surface area contributed by atoms with E-state index >= 15 is 0 Å². The Hall–Kier alpha value is 0.0900. The van der Waals surface area contributed by atoms with Crippen molar-refractivity contribution in [2.75, 3.05) is 12.0 Å². The van der Waals surface area contributed by atoms with Gasteiger partial charge in [0.1, 0.15) is 0 Å². The van der Waals surface area contributed by atoms with Crippen molar-refractivity contribution in [3.8, 4) is 0 Å². The smallest absolute Gasteiger partial charge is 0.00674 e. The van der Waals surface area contributed by atoms with E-state index in [1.807, 2.05) is 11.8 Å². The van der Waals surface area contributed by atoms with Gasteiger partial charge in [0.15, 0.2) is 0 Å². The number of allylic oxidation sites excluding steroid dienone is 2. The predicted molar refractivity (Wildman–Crippen MR) is 49.5 cm³/mol. The molecule has 58 valence electrons. The maximum absolute atomic E-state index is 2.39. The fourth-order valence-electron chi connectivity index (χ4n) is 0.923. The van der Waals surface area contributed by atoms with Crippen molar-refractivity contribution in [3.63, 3.8) is 0 Å². The van der Waals surface area contributed by atoms with Gasteiger partial charge in [-0.1, -0.05) is 12.2 Å². The van der Waals surface area contributed by atoms with Crippen LogP contribution in [0.15, 0.2) is 12.2 Å². The second-order valence-corrected chi connectivity index (χ2v) is 3.89. The molecule has 0 atom stereocenters. The second kappa shape index (κ2) is 4.84. The highest BCUT2D eigenvalue weighted by atomic mass is 32.2. The molecule has 1 fully saturated rings. The number of rotatable bonds is 5. The lowest BCUT2D eigenvalue weighted by molar-refractivity contribution is 0.957. The van der Waals surface area contributed by atoms with Crippen LogP contribution in [0.5, 0.6) is 0 Å². The Morgan fingerprint density at radius 2 is 2.30 bits per heavy atom. The summed E-state index contributed by atoms with van der Waals surface area (Å²) in [6.07, 6.45) is 12.4. The molecule has 0 spiro atoms. The molecule has 1 rings (SSSR count). The summed E-state index contributed by atoms with van der Waals surface area (Å²) in [5, 5.41) is 0. The van der Waals surface area contributed by atoms with Crippen molar-refractivity contribution in [3.05, 3.63) is 12.2 Å². The van der Waals surface area contributed by atoms with Gasteiger partial charge >= 0.3 is 0 Å². The van der Waals surface area contributed by atoms with Gasteiger partial charge in [0.05, 0.1) is 0 Å². The zero-order valence-electron chi connectivity index (χ0n) is 6.68. The Morgan fingerprint density at radius 3 is 2.90 bits per heavy atom. The third-order valence-electron chi connectivity index (χ3n) is 1.75. The van der Waals surface area contributed by atoms with Crippen LogP contribution in [0.4, 0.5) is 0 Å². The molecule has 10 heavy (non-hydrogen) atoms. The van der Waals surface area contributed by atoms with E-state index < -0.39 is 0 Å². The Morgan fingerprint density at radius 1 is 1.50 bits per heavy atom. The molecule has 0 amide bonds. The summed E-state index contributed by atoms with van der Waals surface area (Å²) in [6.45, 7) is 0. The second-order valence-electron chi connectivity index (χ2n) is 2.90.